The average molecular weight is 403 g/mol. The Morgan fingerprint density at radius 1 is 1.11 bits per heavy atom. The number of alkyl halides is 3. The van der Waals surface area contributed by atoms with E-state index in [0.717, 1.165) is 24.3 Å². The van der Waals surface area contributed by atoms with E-state index in [1.165, 1.54) is 0 Å². The van der Waals surface area contributed by atoms with Crippen LogP contribution in [0.4, 0.5) is 23.7 Å². The number of urea groups is 1. The van der Waals surface area contributed by atoms with Crippen molar-refractivity contribution in [3.05, 3.63) is 29.8 Å². The van der Waals surface area contributed by atoms with Gasteiger partial charge in [0.1, 0.15) is 12.1 Å². The first-order valence-electron chi connectivity index (χ1n) is 8.66. The minimum absolute atomic E-state index is 0.00176. The molecule has 0 saturated heterocycles. The van der Waals surface area contributed by atoms with Crippen molar-refractivity contribution in [1.82, 2.24) is 10.6 Å². The fraction of sp³-hybridized carbons (Fsp3) is 0.500. The van der Waals surface area contributed by atoms with Gasteiger partial charge in [-0.05, 0) is 43.0 Å². The second kappa shape index (κ2) is 9.43. The number of nitrogens with one attached hydrogen (secondary N) is 3. The second-order valence-electron chi connectivity index (χ2n) is 6.76. The number of benzene rings is 1. The van der Waals surface area contributed by atoms with E-state index >= 15 is 0 Å². The van der Waals surface area contributed by atoms with Crippen LogP contribution in [0.25, 0.3) is 0 Å². The third-order valence-electron chi connectivity index (χ3n) is 4.02. The topological polar surface area (TPSA) is 108 Å². The molecule has 7 nitrogen and oxygen atoms in total. The number of carbonyl (C=O) groups is 3. The minimum atomic E-state index is -4.49. The van der Waals surface area contributed by atoms with Gasteiger partial charge >= 0.3 is 18.2 Å². The molecule has 1 rings (SSSR count). The van der Waals surface area contributed by atoms with E-state index in [9.17, 15) is 27.6 Å². The molecule has 0 fully saturated rings. The van der Waals surface area contributed by atoms with Gasteiger partial charge < -0.3 is 21.1 Å². The summed E-state index contributed by atoms with van der Waals surface area (Å²) in [5, 5.41) is 16.0. The highest BCUT2D eigenvalue weighted by atomic mass is 19.4. The summed E-state index contributed by atoms with van der Waals surface area (Å²) in [6.45, 7) is 4.75. The van der Waals surface area contributed by atoms with Crippen molar-refractivity contribution in [1.29, 1.82) is 0 Å². The normalized spacial score (nSPS) is 13.5. The largest absolute Gasteiger partial charge is 0.480 e. The molecule has 0 aliphatic carbocycles. The van der Waals surface area contributed by atoms with Crippen molar-refractivity contribution in [3.63, 3.8) is 0 Å². The maximum Gasteiger partial charge on any atom is 0.416 e. The highest BCUT2D eigenvalue weighted by Crippen LogP contribution is 2.30. The molecule has 10 heteroatoms. The van der Waals surface area contributed by atoms with Crippen LogP contribution in [0, 0.1) is 5.92 Å². The molecule has 0 aliphatic heterocycles. The fourth-order valence-electron chi connectivity index (χ4n) is 2.74. The van der Waals surface area contributed by atoms with Crippen LogP contribution in [-0.4, -0.2) is 35.1 Å². The smallest absolute Gasteiger partial charge is 0.416 e. The molecule has 28 heavy (non-hydrogen) atoms. The van der Waals surface area contributed by atoms with E-state index in [1.54, 1.807) is 6.92 Å². The summed E-state index contributed by atoms with van der Waals surface area (Å²) < 4.78 is 37.8. The SMILES string of the molecule is CC[C@@](CC(C)C)(NC(=O)Nc1ccc(C(F)(F)F)cc1)C(=O)NCC(=O)O. The number of carboxylic acids is 1. The van der Waals surface area contributed by atoms with Crippen molar-refractivity contribution < 1.29 is 32.7 Å². The molecule has 0 radical (unpaired) electrons. The van der Waals surface area contributed by atoms with Crippen molar-refractivity contribution in [2.24, 2.45) is 5.92 Å². The maximum atomic E-state index is 12.6. The number of hydrogen-bond acceptors (Lipinski definition) is 3. The third-order valence-corrected chi connectivity index (χ3v) is 4.02. The van der Waals surface area contributed by atoms with Gasteiger partial charge in [0.15, 0.2) is 0 Å². The van der Waals surface area contributed by atoms with Gasteiger partial charge in [-0.3, -0.25) is 9.59 Å². The van der Waals surface area contributed by atoms with Gasteiger partial charge in [0.2, 0.25) is 5.91 Å². The van der Waals surface area contributed by atoms with Crippen molar-refractivity contribution in [2.45, 2.75) is 45.3 Å². The Morgan fingerprint density at radius 2 is 1.68 bits per heavy atom. The lowest BCUT2D eigenvalue weighted by molar-refractivity contribution is -0.139. The maximum absolute atomic E-state index is 12.6. The Morgan fingerprint density at radius 3 is 2.11 bits per heavy atom. The summed E-state index contributed by atoms with van der Waals surface area (Å²) in [5.41, 5.74) is -2.10. The highest BCUT2D eigenvalue weighted by molar-refractivity contribution is 5.96. The number of rotatable bonds is 8. The van der Waals surface area contributed by atoms with Gasteiger partial charge in [-0.15, -0.1) is 0 Å². The predicted molar refractivity (Wildman–Crippen MR) is 96.7 cm³/mol. The predicted octanol–water partition coefficient (Wildman–Crippen LogP) is 3.22. The molecule has 0 bridgehead atoms. The number of aliphatic carboxylic acids is 1. The standard InChI is InChI=1S/C18H24F3N3O4/c1-4-17(9-11(2)3,15(27)22-10-14(25)26)24-16(28)23-13-7-5-12(6-8-13)18(19,20)21/h5-8,11H,4,9-10H2,1-3H3,(H,22,27)(H,25,26)(H2,23,24,28)/t17-/m0/s1. The lowest BCUT2D eigenvalue weighted by Gasteiger charge is -2.33. The fourth-order valence-corrected chi connectivity index (χ4v) is 2.74. The summed E-state index contributed by atoms with van der Waals surface area (Å²) in [6, 6.07) is 3.08. The summed E-state index contributed by atoms with van der Waals surface area (Å²) in [6.07, 6.45) is -4.05. The Hall–Kier alpha value is -2.78. The Kier molecular flexibility index (Phi) is 7.83. The average Bonchev–Trinajstić information content (AvgIpc) is 2.58. The van der Waals surface area contributed by atoms with Crippen LogP contribution in [0.5, 0.6) is 0 Å². The summed E-state index contributed by atoms with van der Waals surface area (Å²) in [4.78, 5) is 35.6. The van der Waals surface area contributed by atoms with Crippen LogP contribution in [0.3, 0.4) is 0 Å². The van der Waals surface area contributed by atoms with E-state index in [1.807, 2.05) is 13.8 Å². The van der Waals surface area contributed by atoms with Crippen LogP contribution < -0.4 is 16.0 Å². The first-order valence-corrected chi connectivity index (χ1v) is 8.66. The Balaban J connectivity index is 2.93. The van der Waals surface area contributed by atoms with Gasteiger partial charge in [-0.25, -0.2) is 4.79 Å². The number of carboxylic acid groups (broad SMARTS) is 1. The zero-order valence-corrected chi connectivity index (χ0v) is 15.8. The molecule has 0 unspecified atom stereocenters. The quantitative estimate of drug-likeness (QED) is 0.535. The number of halogens is 3. The third kappa shape index (κ3) is 6.75. The molecule has 1 aromatic rings. The molecule has 0 aromatic heterocycles. The lowest BCUT2D eigenvalue weighted by Crippen LogP contribution is -2.60. The van der Waals surface area contributed by atoms with E-state index in [0.29, 0.717) is 0 Å². The van der Waals surface area contributed by atoms with Crippen LogP contribution >= 0.6 is 0 Å². The van der Waals surface area contributed by atoms with Gasteiger partial charge in [-0.2, -0.15) is 13.2 Å². The zero-order valence-electron chi connectivity index (χ0n) is 15.8. The molecule has 1 atom stereocenters. The first kappa shape index (κ1) is 23.3. The molecule has 0 heterocycles. The van der Waals surface area contributed by atoms with Crippen LogP contribution in [0.1, 0.15) is 39.2 Å². The van der Waals surface area contributed by atoms with Crippen LogP contribution in [0.15, 0.2) is 24.3 Å². The number of anilines is 1. The Bertz CT molecular complexity index is 705. The van der Waals surface area contributed by atoms with E-state index in [4.69, 9.17) is 5.11 Å². The molecule has 4 N–H and O–H groups in total. The second-order valence-corrected chi connectivity index (χ2v) is 6.76. The molecule has 1 aromatic carbocycles. The monoisotopic (exact) mass is 403 g/mol. The number of amides is 3. The van der Waals surface area contributed by atoms with Crippen molar-refractivity contribution >= 4 is 23.6 Å². The molecule has 3 amide bonds. The first-order chi connectivity index (χ1) is 12.9. The molecular formula is C18H24F3N3O4. The van der Waals surface area contributed by atoms with E-state index in [-0.39, 0.29) is 24.4 Å². The molecule has 0 spiro atoms. The highest BCUT2D eigenvalue weighted by Gasteiger charge is 2.39. The van der Waals surface area contributed by atoms with Crippen LogP contribution in [-0.2, 0) is 15.8 Å². The van der Waals surface area contributed by atoms with Crippen LogP contribution in [0.2, 0.25) is 0 Å². The van der Waals surface area contributed by atoms with Gasteiger partial charge in [-0.1, -0.05) is 20.8 Å². The molecule has 0 saturated carbocycles. The molecule has 0 aliphatic rings. The molecule has 156 valence electrons. The zero-order chi connectivity index (χ0) is 21.5. The van der Waals surface area contributed by atoms with Crippen molar-refractivity contribution in [2.75, 3.05) is 11.9 Å². The Labute approximate surface area is 160 Å². The minimum Gasteiger partial charge on any atom is -0.480 e. The summed E-state index contributed by atoms with van der Waals surface area (Å²) in [5.74, 6) is -1.87. The summed E-state index contributed by atoms with van der Waals surface area (Å²) in [7, 11) is 0. The van der Waals surface area contributed by atoms with Gasteiger partial charge in [0.05, 0.1) is 5.56 Å². The van der Waals surface area contributed by atoms with E-state index in [2.05, 4.69) is 16.0 Å². The summed E-state index contributed by atoms with van der Waals surface area (Å²) >= 11 is 0. The van der Waals surface area contributed by atoms with Crippen molar-refractivity contribution in [3.8, 4) is 0 Å². The van der Waals surface area contributed by atoms with E-state index < -0.39 is 41.7 Å². The molecular weight excluding hydrogens is 379 g/mol. The lowest BCUT2D eigenvalue weighted by atomic mass is 9.85. The number of hydrogen-bond donors (Lipinski definition) is 4. The number of carbonyl (C=O) groups excluding carboxylic acids is 2. The van der Waals surface area contributed by atoms with Gasteiger partial charge in [0, 0.05) is 5.69 Å². The van der Waals surface area contributed by atoms with Gasteiger partial charge in [0.25, 0.3) is 0 Å².